The average molecular weight is 394 g/mol. The molecule has 1 aliphatic heterocycles. The molecule has 1 aromatic heterocycles. The van der Waals surface area contributed by atoms with Crippen molar-refractivity contribution in [3.63, 3.8) is 0 Å². The summed E-state index contributed by atoms with van der Waals surface area (Å²) in [5.74, 6) is -0.385. The molecule has 1 aliphatic rings. The Morgan fingerprint density at radius 3 is 2.81 bits per heavy atom. The Labute approximate surface area is 158 Å². The summed E-state index contributed by atoms with van der Waals surface area (Å²) in [6, 6.07) is 8.39. The van der Waals surface area contributed by atoms with Gasteiger partial charge in [-0.15, -0.1) is 11.3 Å². The highest BCUT2D eigenvalue weighted by Gasteiger charge is 2.33. The Kier molecular flexibility index (Phi) is 6.05. The van der Waals surface area contributed by atoms with E-state index in [1.807, 2.05) is 12.3 Å². The molecule has 3 rings (SSSR count). The van der Waals surface area contributed by atoms with E-state index in [9.17, 15) is 13.2 Å². The number of benzene rings is 1. The molecule has 1 amide bonds. The Bertz CT molecular complexity index is 850. The molecule has 140 valence electrons. The van der Waals surface area contributed by atoms with Crippen molar-refractivity contribution in [3.05, 3.63) is 46.4 Å². The Hall–Kier alpha value is -1.77. The van der Waals surface area contributed by atoms with Gasteiger partial charge in [0.25, 0.3) is 0 Å². The van der Waals surface area contributed by atoms with Gasteiger partial charge in [0.15, 0.2) is 0 Å². The zero-order chi connectivity index (χ0) is 18.6. The van der Waals surface area contributed by atoms with Crippen LogP contribution in [0.4, 0.5) is 0 Å². The summed E-state index contributed by atoms with van der Waals surface area (Å²) in [5, 5.41) is 5.94. The van der Waals surface area contributed by atoms with Crippen molar-refractivity contribution < 1.29 is 13.2 Å². The van der Waals surface area contributed by atoms with Crippen LogP contribution in [-0.2, 0) is 21.2 Å². The van der Waals surface area contributed by atoms with Gasteiger partial charge in [-0.3, -0.25) is 4.79 Å². The number of carbonyl (C=O) groups is 1. The van der Waals surface area contributed by atoms with E-state index < -0.39 is 10.0 Å². The van der Waals surface area contributed by atoms with Crippen LogP contribution in [0.3, 0.4) is 0 Å². The van der Waals surface area contributed by atoms with Crippen LogP contribution in [0.25, 0.3) is 0 Å². The molecule has 1 fully saturated rings. The van der Waals surface area contributed by atoms with Gasteiger partial charge < -0.3 is 5.32 Å². The third-order valence-corrected chi connectivity index (χ3v) is 7.18. The number of aryl methyl sites for hydroxylation is 1. The lowest BCUT2D eigenvalue weighted by atomic mass is 9.99. The second-order valence-corrected chi connectivity index (χ2v) is 9.41. The largest absolute Gasteiger partial charge is 0.355 e. The molecular formula is C18H23N3O3S2. The first-order chi connectivity index (χ1) is 12.5. The molecule has 1 N–H and O–H groups in total. The second kappa shape index (κ2) is 8.28. The number of aromatic nitrogens is 1. The minimum absolute atomic E-state index is 0.0788. The van der Waals surface area contributed by atoms with E-state index in [0.717, 1.165) is 10.7 Å². The van der Waals surface area contributed by atoms with E-state index in [0.29, 0.717) is 32.4 Å². The minimum Gasteiger partial charge on any atom is -0.355 e. The second-order valence-electron chi connectivity index (χ2n) is 6.41. The van der Waals surface area contributed by atoms with Crippen LogP contribution in [0, 0.1) is 12.8 Å². The molecule has 0 radical (unpaired) electrons. The molecule has 0 saturated carbocycles. The summed E-state index contributed by atoms with van der Waals surface area (Å²) < 4.78 is 26.9. The zero-order valence-electron chi connectivity index (χ0n) is 14.7. The van der Waals surface area contributed by atoms with Crippen LogP contribution in [0.1, 0.15) is 23.5 Å². The van der Waals surface area contributed by atoms with E-state index in [-0.39, 0.29) is 23.3 Å². The molecule has 1 atom stereocenters. The maximum absolute atomic E-state index is 12.7. The third kappa shape index (κ3) is 4.49. The molecule has 26 heavy (non-hydrogen) atoms. The molecule has 2 aromatic rings. The predicted octanol–water partition coefficient (Wildman–Crippen LogP) is 2.21. The first-order valence-corrected chi connectivity index (χ1v) is 11.0. The Balaban J connectivity index is 1.56. The number of piperidine rings is 1. The maximum Gasteiger partial charge on any atom is 0.243 e. The molecule has 1 saturated heterocycles. The lowest BCUT2D eigenvalue weighted by Gasteiger charge is -2.31. The fraction of sp³-hybridized carbons (Fsp3) is 0.444. The predicted molar refractivity (Wildman–Crippen MR) is 101 cm³/mol. The highest BCUT2D eigenvalue weighted by atomic mass is 32.2. The van der Waals surface area contributed by atoms with Crippen molar-refractivity contribution in [2.45, 2.75) is 31.1 Å². The van der Waals surface area contributed by atoms with Crippen LogP contribution < -0.4 is 5.32 Å². The molecule has 0 bridgehead atoms. The number of nitrogens with one attached hydrogen (secondary N) is 1. The average Bonchev–Trinajstić information content (AvgIpc) is 3.07. The van der Waals surface area contributed by atoms with Crippen molar-refractivity contribution in [1.29, 1.82) is 0 Å². The maximum atomic E-state index is 12.7. The highest BCUT2D eigenvalue weighted by Crippen LogP contribution is 2.23. The van der Waals surface area contributed by atoms with Gasteiger partial charge in [0, 0.05) is 31.4 Å². The number of sulfonamides is 1. The van der Waals surface area contributed by atoms with E-state index in [2.05, 4.69) is 10.3 Å². The standard InChI is InChI=1S/C18H23N3O3S2/c1-14-20-16(13-25-14)9-10-19-18(22)15-6-5-11-21(12-15)26(23,24)17-7-3-2-4-8-17/h2-4,7-8,13,15H,5-6,9-12H2,1H3,(H,19,22). The first-order valence-electron chi connectivity index (χ1n) is 8.71. The molecule has 0 aliphatic carbocycles. The normalized spacial score (nSPS) is 18.6. The summed E-state index contributed by atoms with van der Waals surface area (Å²) in [5.41, 5.74) is 0.977. The number of thiazole rings is 1. The number of hydrogen-bond donors (Lipinski definition) is 1. The van der Waals surface area contributed by atoms with E-state index in [4.69, 9.17) is 0 Å². The molecule has 0 spiro atoms. The van der Waals surface area contributed by atoms with Crippen molar-refractivity contribution >= 4 is 27.3 Å². The van der Waals surface area contributed by atoms with Gasteiger partial charge in [-0.2, -0.15) is 4.31 Å². The van der Waals surface area contributed by atoms with Gasteiger partial charge >= 0.3 is 0 Å². The van der Waals surface area contributed by atoms with Gasteiger partial charge in [-0.1, -0.05) is 18.2 Å². The number of hydrogen-bond acceptors (Lipinski definition) is 5. The number of rotatable bonds is 6. The minimum atomic E-state index is -3.54. The van der Waals surface area contributed by atoms with E-state index in [1.54, 1.807) is 41.7 Å². The monoisotopic (exact) mass is 393 g/mol. The Morgan fingerprint density at radius 2 is 2.12 bits per heavy atom. The number of carbonyl (C=O) groups excluding carboxylic acids is 1. The van der Waals surface area contributed by atoms with Gasteiger partial charge in [-0.25, -0.2) is 13.4 Å². The third-order valence-electron chi connectivity index (χ3n) is 4.48. The molecule has 1 aromatic carbocycles. The summed E-state index contributed by atoms with van der Waals surface area (Å²) in [7, 11) is -3.54. The molecule has 1 unspecified atom stereocenters. The van der Waals surface area contributed by atoms with Crippen molar-refractivity contribution in [2.24, 2.45) is 5.92 Å². The molecule has 6 nitrogen and oxygen atoms in total. The van der Waals surface area contributed by atoms with E-state index in [1.165, 1.54) is 4.31 Å². The topological polar surface area (TPSA) is 79.4 Å². The van der Waals surface area contributed by atoms with E-state index >= 15 is 0 Å². The lowest BCUT2D eigenvalue weighted by molar-refractivity contribution is -0.126. The fourth-order valence-electron chi connectivity index (χ4n) is 3.10. The molecular weight excluding hydrogens is 370 g/mol. The van der Waals surface area contributed by atoms with Crippen molar-refractivity contribution in [2.75, 3.05) is 19.6 Å². The van der Waals surface area contributed by atoms with Gasteiger partial charge in [0.2, 0.25) is 15.9 Å². The van der Waals surface area contributed by atoms with Crippen LogP contribution in [0.15, 0.2) is 40.6 Å². The van der Waals surface area contributed by atoms with Crippen molar-refractivity contribution in [3.8, 4) is 0 Å². The number of amides is 1. The zero-order valence-corrected chi connectivity index (χ0v) is 16.4. The van der Waals surface area contributed by atoms with Crippen LogP contribution >= 0.6 is 11.3 Å². The summed E-state index contributed by atoms with van der Waals surface area (Å²) >= 11 is 1.60. The Morgan fingerprint density at radius 1 is 1.35 bits per heavy atom. The first kappa shape index (κ1) is 19.0. The molecule has 2 heterocycles. The molecule has 8 heteroatoms. The van der Waals surface area contributed by atoms with Gasteiger partial charge in [0.05, 0.1) is 21.5 Å². The quantitative estimate of drug-likeness (QED) is 0.816. The van der Waals surface area contributed by atoms with Crippen molar-refractivity contribution in [1.82, 2.24) is 14.6 Å². The lowest BCUT2D eigenvalue weighted by Crippen LogP contribution is -2.45. The van der Waals surface area contributed by atoms with Crippen LogP contribution in [0.2, 0.25) is 0 Å². The number of nitrogens with zero attached hydrogens (tertiary/aromatic N) is 2. The summed E-state index contributed by atoms with van der Waals surface area (Å²) in [6.45, 7) is 3.17. The SMILES string of the molecule is Cc1nc(CCNC(=O)C2CCCN(S(=O)(=O)c3ccccc3)C2)cs1. The highest BCUT2D eigenvalue weighted by molar-refractivity contribution is 7.89. The summed E-state index contributed by atoms with van der Waals surface area (Å²) in [4.78, 5) is 17.1. The van der Waals surface area contributed by atoms with Gasteiger partial charge in [-0.05, 0) is 31.9 Å². The summed E-state index contributed by atoms with van der Waals surface area (Å²) in [6.07, 6.45) is 2.09. The van der Waals surface area contributed by atoms with Crippen LogP contribution in [0.5, 0.6) is 0 Å². The smallest absolute Gasteiger partial charge is 0.243 e. The fourth-order valence-corrected chi connectivity index (χ4v) is 5.29. The van der Waals surface area contributed by atoms with Gasteiger partial charge in [0.1, 0.15) is 0 Å². The van der Waals surface area contributed by atoms with Crippen LogP contribution in [-0.4, -0.2) is 43.2 Å².